The Morgan fingerprint density at radius 2 is 1.86 bits per heavy atom. The lowest BCUT2D eigenvalue weighted by atomic mass is 9.74. The molecular weight excluding hydrogens is 405 g/mol. The van der Waals surface area contributed by atoms with Crippen LogP contribution < -0.4 is 0 Å². The van der Waals surface area contributed by atoms with E-state index in [1.807, 2.05) is 0 Å². The summed E-state index contributed by atoms with van der Waals surface area (Å²) in [6.45, 7) is 8.62. The Balaban J connectivity index is 1.36. The predicted molar refractivity (Wildman–Crippen MR) is 98.0 cm³/mol. The molecule has 0 N–H and O–H groups in total. The van der Waals surface area contributed by atoms with E-state index in [1.54, 1.807) is 0 Å². The molecule has 1 saturated carbocycles. The third kappa shape index (κ3) is 3.23. The summed E-state index contributed by atoms with van der Waals surface area (Å²) in [6.07, 6.45) is -4.61. The average Bonchev–Trinajstić information content (AvgIpc) is 3.06. The van der Waals surface area contributed by atoms with Crippen LogP contribution in [0.3, 0.4) is 0 Å². The van der Waals surface area contributed by atoms with Gasteiger partial charge < -0.3 is 4.90 Å². The van der Waals surface area contributed by atoms with Gasteiger partial charge in [-0.25, -0.2) is 13.4 Å². The molecule has 1 aromatic rings. The highest BCUT2D eigenvalue weighted by atomic mass is 32.2. The van der Waals surface area contributed by atoms with Crippen LogP contribution in [-0.2, 0) is 16.2 Å². The predicted octanol–water partition coefficient (Wildman–Crippen LogP) is 2.51. The molecule has 0 unspecified atom stereocenters. The highest BCUT2D eigenvalue weighted by Crippen LogP contribution is 2.59. The molecule has 1 spiro atoms. The highest BCUT2D eigenvalue weighted by Gasteiger charge is 2.61. The number of rotatable bonds is 4. The summed E-state index contributed by atoms with van der Waals surface area (Å²) in [7, 11) is -3.86. The van der Waals surface area contributed by atoms with Gasteiger partial charge in [-0.2, -0.15) is 22.7 Å². The Bertz CT molecular complexity index is 986. The van der Waals surface area contributed by atoms with Gasteiger partial charge in [-0.1, -0.05) is 13.8 Å². The van der Waals surface area contributed by atoms with E-state index in [-0.39, 0.29) is 27.3 Å². The van der Waals surface area contributed by atoms with Gasteiger partial charge in [0.25, 0.3) is 0 Å². The quantitative estimate of drug-likeness (QED) is 0.737. The SMILES string of the molecule is Cc1nc(C(F)(F)F)ccc1S(=O)(=O)N1CC2(CN(C[C@@H]3[C@@H](C#N)C3(C)C)C2)C1. The van der Waals surface area contributed by atoms with Crippen LogP contribution in [0.2, 0.25) is 0 Å². The molecule has 0 bridgehead atoms. The second kappa shape index (κ2) is 6.15. The van der Waals surface area contributed by atoms with E-state index < -0.39 is 21.9 Å². The van der Waals surface area contributed by atoms with E-state index >= 15 is 0 Å². The molecule has 0 radical (unpaired) electrons. The molecule has 3 heterocycles. The van der Waals surface area contributed by atoms with E-state index in [0.29, 0.717) is 25.1 Å². The van der Waals surface area contributed by atoms with Gasteiger partial charge in [0.1, 0.15) is 10.6 Å². The van der Waals surface area contributed by atoms with Crippen molar-refractivity contribution in [3.8, 4) is 6.07 Å². The molecule has 2 saturated heterocycles. The zero-order chi connectivity index (χ0) is 21.4. The van der Waals surface area contributed by atoms with Crippen LogP contribution in [0.4, 0.5) is 13.2 Å². The molecule has 6 nitrogen and oxygen atoms in total. The van der Waals surface area contributed by atoms with Gasteiger partial charge in [0.2, 0.25) is 10.0 Å². The average molecular weight is 428 g/mol. The minimum Gasteiger partial charge on any atom is -0.302 e. The molecule has 2 aliphatic heterocycles. The van der Waals surface area contributed by atoms with Gasteiger partial charge in [-0.15, -0.1) is 0 Å². The number of hydrogen-bond acceptors (Lipinski definition) is 5. The first-order valence-electron chi connectivity index (χ1n) is 9.47. The van der Waals surface area contributed by atoms with E-state index in [0.717, 1.165) is 25.7 Å². The largest absolute Gasteiger partial charge is 0.433 e. The second-order valence-corrected chi connectivity index (χ2v) is 11.2. The number of halogens is 3. The molecule has 1 aliphatic carbocycles. The van der Waals surface area contributed by atoms with Gasteiger partial charge in [0.05, 0.1) is 17.7 Å². The number of likely N-dealkylation sites (tertiary alicyclic amines) is 1. The third-order valence-corrected chi connectivity index (χ3v) is 8.66. The van der Waals surface area contributed by atoms with Crippen LogP contribution in [0.15, 0.2) is 17.0 Å². The number of pyridine rings is 1. The monoisotopic (exact) mass is 428 g/mol. The number of aromatic nitrogens is 1. The molecule has 3 aliphatic rings. The van der Waals surface area contributed by atoms with Crippen LogP contribution in [-0.4, -0.2) is 55.3 Å². The molecule has 0 aromatic carbocycles. The van der Waals surface area contributed by atoms with Crippen molar-refractivity contribution in [2.75, 3.05) is 32.7 Å². The van der Waals surface area contributed by atoms with Crippen molar-refractivity contribution in [1.82, 2.24) is 14.2 Å². The lowest BCUT2D eigenvalue weighted by Crippen LogP contribution is -2.72. The summed E-state index contributed by atoms with van der Waals surface area (Å²) in [5.41, 5.74) is -1.28. The fourth-order valence-corrected chi connectivity index (χ4v) is 6.67. The zero-order valence-electron chi connectivity index (χ0n) is 16.5. The van der Waals surface area contributed by atoms with Crippen molar-refractivity contribution < 1.29 is 21.6 Å². The summed E-state index contributed by atoms with van der Waals surface area (Å²) in [5.74, 6) is 0.429. The van der Waals surface area contributed by atoms with Crippen molar-refractivity contribution in [2.24, 2.45) is 22.7 Å². The number of aryl methyl sites for hydroxylation is 1. The summed E-state index contributed by atoms with van der Waals surface area (Å²) < 4.78 is 65.3. The first-order valence-corrected chi connectivity index (χ1v) is 10.9. The molecule has 29 heavy (non-hydrogen) atoms. The van der Waals surface area contributed by atoms with Crippen LogP contribution in [0.1, 0.15) is 25.2 Å². The summed E-state index contributed by atoms with van der Waals surface area (Å²) in [6, 6.07) is 4.06. The number of nitrogens with zero attached hydrogens (tertiary/aromatic N) is 4. The number of sulfonamides is 1. The van der Waals surface area contributed by atoms with Crippen molar-refractivity contribution in [3.05, 3.63) is 23.5 Å². The first-order chi connectivity index (χ1) is 13.3. The maximum absolute atomic E-state index is 12.8. The first kappa shape index (κ1) is 20.6. The van der Waals surface area contributed by atoms with Crippen LogP contribution in [0, 0.1) is 40.9 Å². The van der Waals surface area contributed by atoms with E-state index in [9.17, 15) is 26.9 Å². The minimum atomic E-state index is -4.61. The third-order valence-electron chi connectivity index (χ3n) is 6.73. The number of hydrogen-bond donors (Lipinski definition) is 0. The molecular formula is C19H23F3N4O2S. The topological polar surface area (TPSA) is 77.3 Å². The fraction of sp³-hybridized carbons (Fsp3) is 0.684. The van der Waals surface area contributed by atoms with Crippen molar-refractivity contribution in [2.45, 2.75) is 31.8 Å². The second-order valence-electron chi connectivity index (χ2n) is 9.26. The van der Waals surface area contributed by atoms with Gasteiger partial charge in [-0.05, 0) is 30.4 Å². The Labute approximate surface area is 168 Å². The van der Waals surface area contributed by atoms with E-state index in [1.165, 1.54) is 11.2 Å². The summed E-state index contributed by atoms with van der Waals surface area (Å²) >= 11 is 0. The standard InChI is InChI=1S/C19H23F3N4O2S/c1-12-15(4-5-16(24-12)19(20,21)22)29(27,28)26-10-18(11-26)8-25(9-18)7-14-13(6-23)17(14,2)3/h4-5,13-14H,7-11H2,1-3H3/t13-,14-/m1/s1. The van der Waals surface area contributed by atoms with Crippen molar-refractivity contribution >= 4 is 10.0 Å². The Hall–Kier alpha value is -1.70. The maximum atomic E-state index is 12.8. The van der Waals surface area contributed by atoms with E-state index in [4.69, 9.17) is 0 Å². The maximum Gasteiger partial charge on any atom is 0.433 e. The smallest absolute Gasteiger partial charge is 0.302 e. The lowest BCUT2D eigenvalue weighted by molar-refractivity contribution is -0.141. The molecule has 158 valence electrons. The normalized spacial score (nSPS) is 28.4. The molecule has 0 amide bonds. The molecule has 4 rings (SSSR count). The van der Waals surface area contributed by atoms with Gasteiger partial charge in [0, 0.05) is 38.1 Å². The Morgan fingerprint density at radius 1 is 1.24 bits per heavy atom. The Kier molecular flexibility index (Phi) is 4.37. The molecule has 10 heteroatoms. The lowest BCUT2D eigenvalue weighted by Gasteiger charge is -2.59. The van der Waals surface area contributed by atoms with Crippen molar-refractivity contribution in [3.63, 3.8) is 0 Å². The highest BCUT2D eigenvalue weighted by molar-refractivity contribution is 7.89. The van der Waals surface area contributed by atoms with E-state index in [2.05, 4.69) is 29.8 Å². The van der Waals surface area contributed by atoms with Crippen molar-refractivity contribution in [1.29, 1.82) is 5.26 Å². The van der Waals surface area contributed by atoms with Gasteiger partial charge >= 0.3 is 6.18 Å². The number of alkyl halides is 3. The van der Waals surface area contributed by atoms with Gasteiger partial charge in [-0.3, -0.25) is 0 Å². The van der Waals surface area contributed by atoms with Crippen LogP contribution in [0.5, 0.6) is 0 Å². The zero-order valence-corrected chi connectivity index (χ0v) is 17.3. The Morgan fingerprint density at radius 3 is 2.34 bits per heavy atom. The van der Waals surface area contributed by atoms with Crippen LogP contribution in [0.25, 0.3) is 0 Å². The summed E-state index contributed by atoms with van der Waals surface area (Å²) in [4.78, 5) is 5.53. The molecule has 1 aromatic heterocycles. The minimum absolute atomic E-state index is 0.0413. The summed E-state index contributed by atoms with van der Waals surface area (Å²) in [5, 5.41) is 9.18. The molecule has 3 fully saturated rings. The van der Waals surface area contributed by atoms with Crippen LogP contribution >= 0.6 is 0 Å². The van der Waals surface area contributed by atoms with Gasteiger partial charge in [0.15, 0.2) is 0 Å². The number of nitriles is 1. The fourth-order valence-electron chi connectivity index (χ4n) is 4.84. The molecule has 2 atom stereocenters.